The van der Waals surface area contributed by atoms with Crippen molar-refractivity contribution in [3.05, 3.63) is 24.3 Å². The van der Waals surface area contributed by atoms with Crippen LogP contribution < -0.4 is 14.8 Å². The van der Waals surface area contributed by atoms with Gasteiger partial charge in [0.15, 0.2) is 11.5 Å². The maximum Gasteiger partial charge on any atom is 0.161 e. The van der Waals surface area contributed by atoms with E-state index in [0.717, 1.165) is 36.9 Å². The summed E-state index contributed by atoms with van der Waals surface area (Å²) in [5.74, 6) is 1.71. The summed E-state index contributed by atoms with van der Waals surface area (Å²) in [5, 5.41) is 3.55. The number of rotatable bonds is 9. The molecule has 0 aliphatic heterocycles. The first kappa shape index (κ1) is 14.2. The number of para-hydroxylation sites is 2. The van der Waals surface area contributed by atoms with Crippen LogP contribution in [0.5, 0.6) is 11.5 Å². The summed E-state index contributed by atoms with van der Waals surface area (Å²) in [4.78, 5) is 0. The molecule has 1 unspecified atom stereocenters. The van der Waals surface area contributed by atoms with Crippen LogP contribution in [0, 0.1) is 0 Å². The highest BCUT2D eigenvalue weighted by molar-refractivity contribution is 5.39. The smallest absolute Gasteiger partial charge is 0.161 e. The second-order valence-electron chi connectivity index (χ2n) is 5.09. The van der Waals surface area contributed by atoms with Crippen LogP contribution in [-0.2, 0) is 0 Å². The first-order valence-corrected chi connectivity index (χ1v) is 7.45. The van der Waals surface area contributed by atoms with Crippen molar-refractivity contribution in [2.75, 3.05) is 13.2 Å². The Kier molecular flexibility index (Phi) is 5.52. The number of hydrogen-bond acceptors (Lipinski definition) is 3. The highest BCUT2D eigenvalue weighted by Crippen LogP contribution is 2.28. The fourth-order valence-electron chi connectivity index (χ4n) is 2.11. The minimum atomic E-state index is 0.229. The van der Waals surface area contributed by atoms with Crippen LogP contribution >= 0.6 is 0 Å². The molecular weight excluding hydrogens is 238 g/mol. The van der Waals surface area contributed by atoms with E-state index >= 15 is 0 Å². The average Bonchev–Trinajstić information content (AvgIpc) is 3.23. The lowest BCUT2D eigenvalue weighted by Gasteiger charge is -2.21. The molecule has 0 radical (unpaired) electrons. The van der Waals surface area contributed by atoms with Gasteiger partial charge in [0.05, 0.1) is 6.61 Å². The van der Waals surface area contributed by atoms with Gasteiger partial charge in [-0.05, 0) is 38.3 Å². The molecule has 1 aliphatic carbocycles. The number of nitrogens with one attached hydrogen (secondary N) is 1. The molecule has 0 bridgehead atoms. The summed E-state index contributed by atoms with van der Waals surface area (Å²) in [6.45, 7) is 5.79. The minimum Gasteiger partial charge on any atom is -0.490 e. The molecule has 0 spiro atoms. The molecule has 1 fully saturated rings. The quantitative estimate of drug-likeness (QED) is 0.741. The number of benzene rings is 1. The predicted molar refractivity (Wildman–Crippen MR) is 78.0 cm³/mol. The molecule has 0 saturated heterocycles. The van der Waals surface area contributed by atoms with Gasteiger partial charge in [-0.25, -0.2) is 0 Å². The molecule has 3 nitrogen and oxygen atoms in total. The van der Waals surface area contributed by atoms with Crippen LogP contribution in [0.3, 0.4) is 0 Å². The summed E-state index contributed by atoms with van der Waals surface area (Å²) in [5.41, 5.74) is 0. The Morgan fingerprint density at radius 2 is 1.95 bits per heavy atom. The Labute approximate surface area is 116 Å². The Hall–Kier alpha value is -1.22. The zero-order chi connectivity index (χ0) is 13.5. The normalized spacial score (nSPS) is 16.1. The molecule has 2 rings (SSSR count). The Morgan fingerprint density at radius 1 is 1.21 bits per heavy atom. The lowest BCUT2D eigenvalue weighted by molar-refractivity contribution is 0.176. The van der Waals surface area contributed by atoms with Gasteiger partial charge in [0.2, 0.25) is 0 Å². The molecule has 19 heavy (non-hydrogen) atoms. The van der Waals surface area contributed by atoms with Crippen molar-refractivity contribution in [3.8, 4) is 11.5 Å². The van der Waals surface area contributed by atoms with Crippen LogP contribution in [0.15, 0.2) is 24.3 Å². The van der Waals surface area contributed by atoms with E-state index in [9.17, 15) is 0 Å². The van der Waals surface area contributed by atoms with E-state index in [0.29, 0.717) is 6.61 Å². The van der Waals surface area contributed by atoms with Crippen molar-refractivity contribution in [1.82, 2.24) is 5.32 Å². The third-order valence-electron chi connectivity index (χ3n) is 3.26. The largest absolute Gasteiger partial charge is 0.490 e. The van der Waals surface area contributed by atoms with Gasteiger partial charge in [0.1, 0.15) is 6.10 Å². The molecule has 3 heteroatoms. The number of ether oxygens (including phenoxy) is 2. The molecule has 0 aromatic heterocycles. The molecule has 1 aromatic carbocycles. The fraction of sp³-hybridized carbons (Fsp3) is 0.625. The van der Waals surface area contributed by atoms with E-state index in [2.05, 4.69) is 12.2 Å². The van der Waals surface area contributed by atoms with Crippen molar-refractivity contribution in [2.24, 2.45) is 0 Å². The van der Waals surface area contributed by atoms with Crippen molar-refractivity contribution in [2.45, 2.75) is 51.7 Å². The Morgan fingerprint density at radius 3 is 2.58 bits per heavy atom. The lowest BCUT2D eigenvalue weighted by Crippen LogP contribution is -2.32. The van der Waals surface area contributed by atoms with E-state index in [1.54, 1.807) is 0 Å². The first-order chi connectivity index (χ1) is 9.33. The monoisotopic (exact) mass is 263 g/mol. The minimum absolute atomic E-state index is 0.229. The standard InChI is InChI=1S/C16H25NO2/c1-3-7-14(12-17-13-10-11-13)19-16-9-6-5-8-15(16)18-4-2/h5-6,8-9,13-14,17H,3-4,7,10-12H2,1-2H3. The average molecular weight is 263 g/mol. The summed E-state index contributed by atoms with van der Waals surface area (Å²) in [6.07, 6.45) is 5.06. The molecular formula is C16H25NO2. The van der Waals surface area contributed by atoms with E-state index in [4.69, 9.17) is 9.47 Å². The van der Waals surface area contributed by atoms with Crippen molar-refractivity contribution in [3.63, 3.8) is 0 Å². The van der Waals surface area contributed by atoms with E-state index in [1.165, 1.54) is 12.8 Å². The molecule has 1 atom stereocenters. The van der Waals surface area contributed by atoms with Gasteiger partial charge in [-0.3, -0.25) is 0 Å². The second-order valence-corrected chi connectivity index (χ2v) is 5.09. The van der Waals surface area contributed by atoms with Crippen molar-refractivity contribution in [1.29, 1.82) is 0 Å². The molecule has 1 aromatic rings. The molecule has 106 valence electrons. The van der Waals surface area contributed by atoms with Crippen LogP contribution in [-0.4, -0.2) is 25.3 Å². The van der Waals surface area contributed by atoms with Crippen molar-refractivity contribution >= 4 is 0 Å². The predicted octanol–water partition coefficient (Wildman–Crippen LogP) is 3.38. The fourth-order valence-corrected chi connectivity index (χ4v) is 2.11. The molecule has 1 N–H and O–H groups in total. The zero-order valence-corrected chi connectivity index (χ0v) is 12.0. The van der Waals surface area contributed by atoms with Crippen LogP contribution in [0.4, 0.5) is 0 Å². The highest BCUT2D eigenvalue weighted by Gasteiger charge is 2.22. The first-order valence-electron chi connectivity index (χ1n) is 7.45. The van der Waals surface area contributed by atoms with E-state index in [-0.39, 0.29) is 6.10 Å². The molecule has 1 saturated carbocycles. The van der Waals surface area contributed by atoms with Gasteiger partial charge in [0, 0.05) is 12.6 Å². The Balaban J connectivity index is 1.93. The maximum absolute atomic E-state index is 6.13. The van der Waals surface area contributed by atoms with Gasteiger partial charge in [-0.1, -0.05) is 25.5 Å². The number of hydrogen-bond donors (Lipinski definition) is 1. The van der Waals surface area contributed by atoms with Gasteiger partial charge >= 0.3 is 0 Å². The summed E-state index contributed by atoms with van der Waals surface area (Å²) < 4.78 is 11.7. The van der Waals surface area contributed by atoms with Gasteiger partial charge in [0.25, 0.3) is 0 Å². The summed E-state index contributed by atoms with van der Waals surface area (Å²) >= 11 is 0. The van der Waals surface area contributed by atoms with E-state index < -0.39 is 0 Å². The topological polar surface area (TPSA) is 30.5 Å². The third kappa shape index (κ3) is 4.75. The SMILES string of the molecule is CCCC(CNC1CC1)Oc1ccccc1OCC. The van der Waals surface area contributed by atoms with Gasteiger partial charge < -0.3 is 14.8 Å². The molecule has 0 amide bonds. The van der Waals surface area contributed by atoms with Crippen LogP contribution in [0.1, 0.15) is 39.5 Å². The second kappa shape index (κ2) is 7.39. The van der Waals surface area contributed by atoms with Gasteiger partial charge in [-0.15, -0.1) is 0 Å². The third-order valence-corrected chi connectivity index (χ3v) is 3.26. The molecule has 1 aliphatic rings. The van der Waals surface area contributed by atoms with Crippen LogP contribution in [0.25, 0.3) is 0 Å². The summed E-state index contributed by atoms with van der Waals surface area (Å²) in [6, 6.07) is 8.66. The van der Waals surface area contributed by atoms with Crippen molar-refractivity contribution < 1.29 is 9.47 Å². The Bertz CT molecular complexity index is 377. The summed E-state index contributed by atoms with van der Waals surface area (Å²) in [7, 11) is 0. The van der Waals surface area contributed by atoms with Gasteiger partial charge in [-0.2, -0.15) is 0 Å². The highest BCUT2D eigenvalue weighted by atomic mass is 16.5. The maximum atomic E-state index is 6.13. The zero-order valence-electron chi connectivity index (χ0n) is 12.0. The van der Waals surface area contributed by atoms with Crippen LogP contribution in [0.2, 0.25) is 0 Å². The lowest BCUT2D eigenvalue weighted by atomic mass is 10.2. The molecule has 0 heterocycles. The van der Waals surface area contributed by atoms with E-state index in [1.807, 2.05) is 31.2 Å².